The molecule has 1 aromatic carbocycles. The van der Waals surface area contributed by atoms with Crippen molar-refractivity contribution in [3.63, 3.8) is 0 Å². The van der Waals surface area contributed by atoms with Gasteiger partial charge in [-0.1, -0.05) is 13.8 Å². The van der Waals surface area contributed by atoms with Crippen molar-refractivity contribution in [3.05, 3.63) is 22.2 Å². The van der Waals surface area contributed by atoms with Crippen LogP contribution in [0.1, 0.15) is 32.3 Å². The van der Waals surface area contributed by atoms with Crippen LogP contribution in [0.4, 0.5) is 0 Å². The van der Waals surface area contributed by atoms with Crippen LogP contribution < -0.4 is 14.8 Å². The number of rotatable bonds is 5. The van der Waals surface area contributed by atoms with Crippen molar-refractivity contribution in [2.24, 2.45) is 0 Å². The topological polar surface area (TPSA) is 30.5 Å². The molecule has 0 aliphatic carbocycles. The predicted molar refractivity (Wildman–Crippen MR) is 71.5 cm³/mol. The van der Waals surface area contributed by atoms with Crippen LogP contribution >= 0.6 is 15.9 Å². The first-order valence-electron chi connectivity index (χ1n) is 6.06. The van der Waals surface area contributed by atoms with Gasteiger partial charge in [0.15, 0.2) is 11.5 Å². The van der Waals surface area contributed by atoms with E-state index in [1.807, 2.05) is 6.07 Å². The van der Waals surface area contributed by atoms with E-state index in [2.05, 4.69) is 41.2 Å². The van der Waals surface area contributed by atoms with E-state index in [4.69, 9.17) is 9.47 Å². The fourth-order valence-corrected chi connectivity index (χ4v) is 2.57. The molecule has 0 saturated carbocycles. The first-order chi connectivity index (χ1) is 8.24. The van der Waals surface area contributed by atoms with E-state index in [1.54, 1.807) is 0 Å². The van der Waals surface area contributed by atoms with Gasteiger partial charge in [-0.3, -0.25) is 0 Å². The molecule has 4 heteroatoms. The fraction of sp³-hybridized carbons (Fsp3) is 0.538. The molecule has 0 radical (unpaired) electrons. The summed E-state index contributed by atoms with van der Waals surface area (Å²) in [6.07, 6.45) is 2.31. The molecule has 0 bridgehead atoms. The summed E-state index contributed by atoms with van der Waals surface area (Å²) in [5.74, 6) is 1.65. The molecule has 0 saturated heterocycles. The number of hydrogen-bond acceptors (Lipinski definition) is 3. The Morgan fingerprint density at radius 1 is 1.29 bits per heavy atom. The zero-order valence-corrected chi connectivity index (χ0v) is 11.8. The van der Waals surface area contributed by atoms with Gasteiger partial charge >= 0.3 is 0 Å². The highest BCUT2D eigenvalue weighted by Gasteiger charge is 2.17. The SMILES string of the molecule is CCC(CC)NCc1cc(Br)c2c(c1)OCO2. The smallest absolute Gasteiger partial charge is 0.231 e. The van der Waals surface area contributed by atoms with Crippen molar-refractivity contribution in [1.29, 1.82) is 0 Å². The highest BCUT2D eigenvalue weighted by Crippen LogP contribution is 2.39. The summed E-state index contributed by atoms with van der Waals surface area (Å²) in [7, 11) is 0. The molecule has 1 heterocycles. The monoisotopic (exact) mass is 299 g/mol. The second-order valence-corrected chi connectivity index (χ2v) is 5.06. The van der Waals surface area contributed by atoms with Gasteiger partial charge in [-0.05, 0) is 46.5 Å². The highest BCUT2D eigenvalue weighted by atomic mass is 79.9. The van der Waals surface area contributed by atoms with Gasteiger partial charge in [0.2, 0.25) is 6.79 Å². The maximum Gasteiger partial charge on any atom is 0.231 e. The Morgan fingerprint density at radius 3 is 2.76 bits per heavy atom. The van der Waals surface area contributed by atoms with E-state index in [0.717, 1.165) is 35.4 Å². The normalized spacial score (nSPS) is 13.4. The first-order valence-corrected chi connectivity index (χ1v) is 6.85. The molecular formula is C13H18BrNO2. The molecule has 94 valence electrons. The number of fused-ring (bicyclic) bond motifs is 1. The number of nitrogens with one attached hydrogen (secondary N) is 1. The van der Waals surface area contributed by atoms with Crippen molar-refractivity contribution in [3.8, 4) is 11.5 Å². The van der Waals surface area contributed by atoms with Crippen LogP contribution in [0, 0.1) is 0 Å². The van der Waals surface area contributed by atoms with Gasteiger partial charge in [-0.15, -0.1) is 0 Å². The molecule has 1 N–H and O–H groups in total. The van der Waals surface area contributed by atoms with Crippen LogP contribution in [0.15, 0.2) is 16.6 Å². The number of benzene rings is 1. The maximum absolute atomic E-state index is 5.40. The third kappa shape index (κ3) is 2.93. The Morgan fingerprint density at radius 2 is 2.06 bits per heavy atom. The van der Waals surface area contributed by atoms with Gasteiger partial charge in [0.05, 0.1) is 4.47 Å². The lowest BCUT2D eigenvalue weighted by Gasteiger charge is -2.15. The Kier molecular flexibility index (Phi) is 4.29. The molecule has 1 aromatic rings. The Hall–Kier alpha value is -0.740. The van der Waals surface area contributed by atoms with Crippen molar-refractivity contribution in [2.75, 3.05) is 6.79 Å². The molecule has 0 unspecified atom stereocenters. The van der Waals surface area contributed by atoms with E-state index in [1.165, 1.54) is 5.56 Å². The molecule has 17 heavy (non-hydrogen) atoms. The predicted octanol–water partition coefficient (Wildman–Crippen LogP) is 3.46. The lowest BCUT2D eigenvalue weighted by molar-refractivity contribution is 0.173. The van der Waals surface area contributed by atoms with E-state index < -0.39 is 0 Å². The van der Waals surface area contributed by atoms with Gasteiger partial charge in [0, 0.05) is 12.6 Å². The lowest BCUT2D eigenvalue weighted by atomic mass is 10.1. The summed E-state index contributed by atoms with van der Waals surface area (Å²) in [6, 6.07) is 4.71. The minimum atomic E-state index is 0.317. The second kappa shape index (κ2) is 5.74. The zero-order chi connectivity index (χ0) is 12.3. The molecule has 2 rings (SSSR count). The van der Waals surface area contributed by atoms with Crippen molar-refractivity contribution in [1.82, 2.24) is 5.32 Å². The average molecular weight is 300 g/mol. The van der Waals surface area contributed by atoms with E-state index >= 15 is 0 Å². The summed E-state index contributed by atoms with van der Waals surface area (Å²) >= 11 is 3.51. The Labute approximate surface area is 111 Å². The largest absolute Gasteiger partial charge is 0.454 e. The summed E-state index contributed by atoms with van der Waals surface area (Å²) in [5, 5.41) is 3.54. The lowest BCUT2D eigenvalue weighted by Crippen LogP contribution is -2.26. The summed E-state index contributed by atoms with van der Waals surface area (Å²) in [5.41, 5.74) is 1.22. The molecule has 1 aliphatic rings. The Bertz CT molecular complexity index is 391. The number of ether oxygens (including phenoxy) is 2. The van der Waals surface area contributed by atoms with Crippen molar-refractivity contribution >= 4 is 15.9 Å². The van der Waals surface area contributed by atoms with Gasteiger partial charge in [0.25, 0.3) is 0 Å². The van der Waals surface area contributed by atoms with Crippen LogP contribution in [0.25, 0.3) is 0 Å². The van der Waals surface area contributed by atoms with Crippen molar-refractivity contribution in [2.45, 2.75) is 39.3 Å². The molecule has 1 aliphatic heterocycles. The van der Waals surface area contributed by atoms with Crippen LogP contribution in [-0.4, -0.2) is 12.8 Å². The number of hydrogen-bond donors (Lipinski definition) is 1. The first kappa shape index (κ1) is 12.7. The molecule has 0 spiro atoms. The maximum atomic E-state index is 5.40. The molecule has 0 aromatic heterocycles. The molecular weight excluding hydrogens is 282 g/mol. The third-order valence-corrected chi connectivity index (χ3v) is 3.66. The average Bonchev–Trinajstić information content (AvgIpc) is 2.79. The second-order valence-electron chi connectivity index (χ2n) is 4.21. The molecule has 0 atom stereocenters. The third-order valence-electron chi connectivity index (χ3n) is 3.07. The van der Waals surface area contributed by atoms with Gasteiger partial charge < -0.3 is 14.8 Å². The molecule has 0 fully saturated rings. The van der Waals surface area contributed by atoms with Gasteiger partial charge in [-0.2, -0.15) is 0 Å². The van der Waals surface area contributed by atoms with E-state index in [0.29, 0.717) is 12.8 Å². The van der Waals surface area contributed by atoms with Crippen LogP contribution in [0.3, 0.4) is 0 Å². The summed E-state index contributed by atoms with van der Waals surface area (Å²) in [4.78, 5) is 0. The Balaban J connectivity index is 2.05. The van der Waals surface area contributed by atoms with Crippen LogP contribution in [0.2, 0.25) is 0 Å². The quantitative estimate of drug-likeness (QED) is 0.903. The van der Waals surface area contributed by atoms with E-state index in [9.17, 15) is 0 Å². The fourth-order valence-electron chi connectivity index (χ4n) is 1.96. The zero-order valence-electron chi connectivity index (χ0n) is 10.3. The minimum Gasteiger partial charge on any atom is -0.454 e. The number of halogens is 1. The van der Waals surface area contributed by atoms with Crippen LogP contribution in [-0.2, 0) is 6.54 Å². The summed E-state index contributed by atoms with van der Waals surface area (Å²) in [6.45, 7) is 5.59. The van der Waals surface area contributed by atoms with Crippen molar-refractivity contribution < 1.29 is 9.47 Å². The molecule has 0 amide bonds. The molecule has 3 nitrogen and oxygen atoms in total. The van der Waals surface area contributed by atoms with Gasteiger partial charge in [-0.25, -0.2) is 0 Å². The summed E-state index contributed by atoms with van der Waals surface area (Å²) < 4.78 is 11.7. The standard InChI is InChI=1S/C13H18BrNO2/c1-3-10(4-2)15-7-9-5-11(14)13-12(6-9)16-8-17-13/h5-6,10,15H,3-4,7-8H2,1-2H3. The van der Waals surface area contributed by atoms with E-state index in [-0.39, 0.29) is 0 Å². The van der Waals surface area contributed by atoms with Crippen LogP contribution in [0.5, 0.6) is 11.5 Å². The minimum absolute atomic E-state index is 0.317. The van der Waals surface area contributed by atoms with Gasteiger partial charge in [0.1, 0.15) is 0 Å². The highest BCUT2D eigenvalue weighted by molar-refractivity contribution is 9.10.